The van der Waals surface area contributed by atoms with Crippen molar-refractivity contribution in [3.05, 3.63) is 64.9 Å². The Hall–Kier alpha value is -1.60. The second kappa shape index (κ2) is 4.95. The minimum atomic E-state index is 0.767. The van der Waals surface area contributed by atoms with E-state index in [0.717, 1.165) is 10.6 Å². The molecule has 1 aromatic heterocycles. The third-order valence-electron chi connectivity index (χ3n) is 2.34. The molecule has 0 N–H and O–H groups in total. The molecule has 0 bridgehead atoms. The highest BCUT2D eigenvalue weighted by Crippen LogP contribution is 2.12. The normalized spacial score (nSPS) is 10.9. The van der Waals surface area contributed by atoms with Crippen LogP contribution in [0.4, 0.5) is 0 Å². The molecule has 0 aliphatic heterocycles. The first-order valence-corrected chi connectivity index (χ1v) is 5.51. The first kappa shape index (κ1) is 10.9. The lowest BCUT2D eigenvalue weighted by Gasteiger charge is -1.94. The van der Waals surface area contributed by atoms with E-state index in [2.05, 4.69) is 24.3 Å². The van der Waals surface area contributed by atoms with E-state index < -0.39 is 0 Å². The van der Waals surface area contributed by atoms with E-state index in [1.54, 1.807) is 0 Å². The van der Waals surface area contributed by atoms with Gasteiger partial charge in [0.15, 0.2) is 12.4 Å². The van der Waals surface area contributed by atoms with Crippen molar-refractivity contribution in [2.45, 2.75) is 0 Å². The van der Waals surface area contributed by atoms with Crippen LogP contribution in [0.3, 0.4) is 0 Å². The monoisotopic (exact) mass is 230 g/mol. The van der Waals surface area contributed by atoms with Gasteiger partial charge in [-0.1, -0.05) is 35.9 Å². The van der Waals surface area contributed by atoms with Crippen molar-refractivity contribution < 1.29 is 4.57 Å². The standard InChI is InChI=1S/C14H13ClN/c1-16-10-8-13(9-11-16)3-2-12-4-6-14(15)7-5-12/h2-11H,1H3/q+1. The second-order valence-electron chi connectivity index (χ2n) is 3.68. The molecule has 2 aromatic rings. The molecule has 80 valence electrons. The van der Waals surface area contributed by atoms with Gasteiger partial charge in [0, 0.05) is 17.2 Å². The number of halogens is 1. The Morgan fingerprint density at radius 2 is 1.38 bits per heavy atom. The molecule has 0 saturated heterocycles. The molecule has 0 radical (unpaired) electrons. The number of pyridine rings is 1. The van der Waals surface area contributed by atoms with E-state index in [1.165, 1.54) is 5.56 Å². The number of nitrogens with zero attached hydrogens (tertiary/aromatic N) is 1. The van der Waals surface area contributed by atoms with Gasteiger partial charge in [-0.25, -0.2) is 4.57 Å². The Kier molecular flexibility index (Phi) is 3.37. The highest BCUT2D eigenvalue weighted by molar-refractivity contribution is 6.30. The van der Waals surface area contributed by atoms with E-state index >= 15 is 0 Å². The third kappa shape index (κ3) is 2.94. The molecule has 16 heavy (non-hydrogen) atoms. The third-order valence-corrected chi connectivity index (χ3v) is 2.59. The number of aromatic nitrogens is 1. The van der Waals surface area contributed by atoms with Crippen LogP contribution in [0.15, 0.2) is 48.8 Å². The van der Waals surface area contributed by atoms with Gasteiger partial charge < -0.3 is 0 Å². The fourth-order valence-electron chi connectivity index (χ4n) is 1.39. The summed E-state index contributed by atoms with van der Waals surface area (Å²) in [5.41, 5.74) is 2.34. The maximum atomic E-state index is 5.82. The molecule has 2 rings (SSSR count). The van der Waals surface area contributed by atoms with E-state index in [9.17, 15) is 0 Å². The lowest BCUT2D eigenvalue weighted by Crippen LogP contribution is -2.25. The highest BCUT2D eigenvalue weighted by Gasteiger charge is 1.92. The molecule has 0 aliphatic carbocycles. The Balaban J connectivity index is 2.15. The number of hydrogen-bond acceptors (Lipinski definition) is 0. The van der Waals surface area contributed by atoms with Crippen molar-refractivity contribution in [1.29, 1.82) is 0 Å². The molecule has 0 atom stereocenters. The van der Waals surface area contributed by atoms with Gasteiger partial charge in [0.05, 0.1) is 0 Å². The average Bonchev–Trinajstić information content (AvgIpc) is 2.30. The van der Waals surface area contributed by atoms with Gasteiger partial charge in [0.1, 0.15) is 7.05 Å². The zero-order chi connectivity index (χ0) is 11.4. The number of hydrogen-bond donors (Lipinski definition) is 0. The summed E-state index contributed by atoms with van der Waals surface area (Å²) >= 11 is 5.82. The molecule has 0 spiro atoms. The van der Waals surface area contributed by atoms with Crippen molar-refractivity contribution in [2.24, 2.45) is 7.05 Å². The number of aryl methyl sites for hydroxylation is 1. The fourth-order valence-corrected chi connectivity index (χ4v) is 1.52. The zero-order valence-corrected chi connectivity index (χ0v) is 9.85. The molecular weight excluding hydrogens is 218 g/mol. The van der Waals surface area contributed by atoms with Crippen molar-refractivity contribution in [2.75, 3.05) is 0 Å². The van der Waals surface area contributed by atoms with Crippen molar-refractivity contribution in [3.8, 4) is 0 Å². The fraction of sp³-hybridized carbons (Fsp3) is 0.0714. The summed E-state index contributed by atoms with van der Waals surface area (Å²) in [6, 6.07) is 11.9. The summed E-state index contributed by atoms with van der Waals surface area (Å²) in [5, 5.41) is 0.767. The minimum absolute atomic E-state index is 0.767. The molecule has 0 saturated carbocycles. The highest BCUT2D eigenvalue weighted by atomic mass is 35.5. The largest absolute Gasteiger partial charge is 0.208 e. The van der Waals surface area contributed by atoms with Crippen LogP contribution in [-0.2, 0) is 7.05 Å². The van der Waals surface area contributed by atoms with Gasteiger partial charge in [0.25, 0.3) is 0 Å². The Morgan fingerprint density at radius 1 is 0.875 bits per heavy atom. The lowest BCUT2D eigenvalue weighted by molar-refractivity contribution is -0.671. The van der Waals surface area contributed by atoms with Crippen LogP contribution in [0, 0.1) is 0 Å². The summed E-state index contributed by atoms with van der Waals surface area (Å²) in [7, 11) is 2.01. The van der Waals surface area contributed by atoms with Crippen molar-refractivity contribution >= 4 is 23.8 Å². The topological polar surface area (TPSA) is 3.88 Å². The SMILES string of the molecule is C[n+]1ccc(C=Cc2ccc(Cl)cc2)cc1. The van der Waals surface area contributed by atoms with E-state index in [0.29, 0.717) is 0 Å². The molecule has 1 heterocycles. The number of benzene rings is 1. The van der Waals surface area contributed by atoms with Crippen LogP contribution in [0.2, 0.25) is 5.02 Å². The first-order valence-electron chi connectivity index (χ1n) is 5.13. The van der Waals surface area contributed by atoms with Crippen molar-refractivity contribution in [1.82, 2.24) is 0 Å². The zero-order valence-electron chi connectivity index (χ0n) is 9.10. The van der Waals surface area contributed by atoms with Gasteiger partial charge in [-0.15, -0.1) is 0 Å². The number of rotatable bonds is 2. The van der Waals surface area contributed by atoms with Gasteiger partial charge >= 0.3 is 0 Å². The lowest BCUT2D eigenvalue weighted by atomic mass is 10.1. The van der Waals surface area contributed by atoms with E-state index in [1.807, 2.05) is 48.3 Å². The molecule has 0 aliphatic rings. The van der Waals surface area contributed by atoms with E-state index in [4.69, 9.17) is 11.6 Å². The summed E-state index contributed by atoms with van der Waals surface area (Å²) in [6.07, 6.45) is 8.22. The first-order chi connectivity index (χ1) is 7.74. The van der Waals surface area contributed by atoms with Crippen LogP contribution in [-0.4, -0.2) is 0 Å². The molecule has 0 fully saturated rings. The molecule has 1 aromatic carbocycles. The molecule has 2 heteroatoms. The second-order valence-corrected chi connectivity index (χ2v) is 4.12. The Bertz CT molecular complexity index is 436. The minimum Gasteiger partial charge on any atom is -0.208 e. The van der Waals surface area contributed by atoms with Gasteiger partial charge in [0.2, 0.25) is 0 Å². The average molecular weight is 231 g/mol. The van der Waals surface area contributed by atoms with Crippen LogP contribution in [0.1, 0.15) is 11.1 Å². The van der Waals surface area contributed by atoms with Crippen LogP contribution < -0.4 is 4.57 Å². The summed E-state index contributed by atoms with van der Waals surface area (Å²) in [5.74, 6) is 0. The smallest absolute Gasteiger partial charge is 0.169 e. The Morgan fingerprint density at radius 3 is 1.94 bits per heavy atom. The predicted octanol–water partition coefficient (Wildman–Crippen LogP) is 3.33. The summed E-state index contributed by atoms with van der Waals surface area (Å²) in [4.78, 5) is 0. The van der Waals surface area contributed by atoms with Crippen LogP contribution in [0.5, 0.6) is 0 Å². The van der Waals surface area contributed by atoms with Crippen LogP contribution in [0.25, 0.3) is 12.2 Å². The summed E-state index contributed by atoms with van der Waals surface area (Å²) < 4.78 is 2.01. The predicted molar refractivity (Wildman–Crippen MR) is 68.0 cm³/mol. The molecular formula is C14H13ClN+. The van der Waals surface area contributed by atoms with Gasteiger partial charge in [-0.2, -0.15) is 0 Å². The summed E-state index contributed by atoms with van der Waals surface area (Å²) in [6.45, 7) is 0. The van der Waals surface area contributed by atoms with Gasteiger partial charge in [-0.3, -0.25) is 0 Å². The molecule has 1 nitrogen and oxygen atoms in total. The van der Waals surface area contributed by atoms with Crippen LogP contribution >= 0.6 is 11.6 Å². The van der Waals surface area contributed by atoms with Gasteiger partial charge in [-0.05, 0) is 23.3 Å². The van der Waals surface area contributed by atoms with E-state index in [-0.39, 0.29) is 0 Å². The quantitative estimate of drug-likeness (QED) is 0.697. The molecule has 0 unspecified atom stereocenters. The maximum Gasteiger partial charge on any atom is 0.169 e. The molecule has 0 amide bonds. The Labute approximate surface area is 101 Å². The maximum absolute atomic E-state index is 5.82. The van der Waals surface area contributed by atoms with Crippen molar-refractivity contribution in [3.63, 3.8) is 0 Å².